The molecule has 0 saturated heterocycles. The average Bonchev–Trinajstić information content (AvgIpc) is 0.797. The van der Waals surface area contributed by atoms with Crippen LogP contribution in [0, 0.1) is 60.4 Å². The molecule has 0 bridgehead atoms. The molecular weight excluding hydrogens is 2650 g/mol. The van der Waals surface area contributed by atoms with Gasteiger partial charge in [-0.05, 0) is 156 Å². The fraction of sp³-hybridized carbons (Fsp3) is 0.261. The van der Waals surface area contributed by atoms with E-state index in [1.807, 2.05) is 146 Å². The van der Waals surface area contributed by atoms with Crippen molar-refractivity contribution in [3.63, 3.8) is 0 Å². The summed E-state index contributed by atoms with van der Waals surface area (Å²) in [6.07, 6.45) is 0.526. The van der Waals surface area contributed by atoms with Gasteiger partial charge < -0.3 is 39.9 Å². The van der Waals surface area contributed by atoms with Crippen molar-refractivity contribution in [1.82, 2.24) is 39.9 Å². The number of rotatable bonds is 19. The summed E-state index contributed by atoms with van der Waals surface area (Å²) in [7, 11) is -5.74. The Hall–Kier alpha value is -10.4. The second-order valence-corrected chi connectivity index (χ2v) is 59.5. The Bertz CT molecular complexity index is 6290. The van der Waals surface area contributed by atoms with Gasteiger partial charge >= 0.3 is 24.7 Å². The molecule has 4 radical (unpaired) electrons. The molecule has 8 aromatic heterocycles. The number of hydrogen-bond acceptors (Lipinski definition) is 8. The van der Waals surface area contributed by atoms with E-state index in [-0.39, 0.29) is 80.4 Å². The van der Waals surface area contributed by atoms with E-state index in [9.17, 15) is 52.7 Å². The molecule has 16 rings (SSSR count). The van der Waals surface area contributed by atoms with E-state index in [4.69, 9.17) is 0 Å². The van der Waals surface area contributed by atoms with Gasteiger partial charge in [0.1, 0.15) is 0 Å². The molecule has 0 spiro atoms. The predicted molar refractivity (Wildman–Crippen MR) is 570 cm³/mol. The second kappa shape index (κ2) is 58.7. The molecule has 0 N–H and O–H groups in total. The van der Waals surface area contributed by atoms with Crippen LogP contribution in [0.5, 0.6) is 0 Å². The molecule has 0 saturated carbocycles. The van der Waals surface area contributed by atoms with Crippen LogP contribution in [0.15, 0.2) is 316 Å². The van der Waals surface area contributed by atoms with Crippen LogP contribution in [0.1, 0.15) is 118 Å². The van der Waals surface area contributed by atoms with Crippen LogP contribution in [0.4, 0.5) is 52.7 Å². The zero-order chi connectivity index (χ0) is 105. The van der Waals surface area contributed by atoms with E-state index in [0.717, 1.165) is 113 Å². The van der Waals surface area contributed by atoms with E-state index in [1.165, 1.54) is 67.3 Å². The minimum absolute atomic E-state index is 0. The summed E-state index contributed by atoms with van der Waals surface area (Å²) in [4.78, 5) is 34.8. The Labute approximate surface area is 919 Å². The van der Waals surface area contributed by atoms with Crippen molar-refractivity contribution in [1.29, 1.82) is 0 Å². The van der Waals surface area contributed by atoms with E-state index >= 15 is 0 Å². The Morgan fingerprint density at radius 3 is 0.680 bits per heavy atom. The number of nitrogens with zero attached hydrogens (tertiary/aromatic N) is 8. The molecule has 0 fully saturated rings. The molecule has 0 amide bonds. The largest absolute Gasteiger partial charge is 0.381 e. The molecule has 8 heterocycles. The van der Waals surface area contributed by atoms with Crippen molar-refractivity contribution in [2.45, 2.75) is 190 Å². The van der Waals surface area contributed by atoms with E-state index in [0.29, 0.717) is 68.7 Å². The summed E-state index contributed by atoms with van der Waals surface area (Å²) < 4.78 is 150. The number of benzene rings is 8. The van der Waals surface area contributed by atoms with Gasteiger partial charge in [-0.3, -0.25) is 0 Å². The summed E-state index contributed by atoms with van der Waals surface area (Å²) in [5.41, 5.74) is 15.8. The van der Waals surface area contributed by atoms with Crippen molar-refractivity contribution in [2.75, 3.05) is 0 Å². The third kappa shape index (κ3) is 40.8. The molecule has 8 nitrogen and oxygen atoms in total. The molecule has 1 atom stereocenters. The van der Waals surface area contributed by atoms with Crippen LogP contribution in [-0.4, -0.2) is 72.2 Å². The molecule has 782 valence electrons. The summed E-state index contributed by atoms with van der Waals surface area (Å²) in [5, 5.41) is 5.59. The van der Waals surface area contributed by atoms with Crippen LogP contribution in [0.2, 0.25) is 78.6 Å². The third-order valence-electron chi connectivity index (χ3n) is 22.4. The first kappa shape index (κ1) is 127. The minimum atomic E-state index is -4.34. The molecule has 0 aliphatic carbocycles. The third-order valence-corrected chi connectivity index (χ3v) is 30.6. The quantitative estimate of drug-likeness (QED) is 0.0448. The number of halogens is 12. The van der Waals surface area contributed by atoms with E-state index in [1.54, 1.807) is 61.2 Å². The summed E-state index contributed by atoms with van der Waals surface area (Å²) in [6.45, 7) is 45.7. The van der Waals surface area contributed by atoms with E-state index in [2.05, 4.69) is 259 Å². The van der Waals surface area contributed by atoms with Gasteiger partial charge in [-0.2, -0.15) is 52.7 Å². The van der Waals surface area contributed by atoms with Crippen LogP contribution >= 0.6 is 0 Å². The Morgan fingerprint density at radius 1 is 0.252 bits per heavy atom. The topological polar surface area (TPSA) is 103 Å². The van der Waals surface area contributed by atoms with Crippen molar-refractivity contribution in [3.8, 4) is 90.1 Å². The predicted octanol–water partition coefficient (Wildman–Crippen LogP) is 31.7. The van der Waals surface area contributed by atoms with Gasteiger partial charge in [0.25, 0.3) is 0 Å². The fourth-order valence-corrected chi connectivity index (χ4v) is 21.3. The van der Waals surface area contributed by atoms with Gasteiger partial charge in [0.05, 0.1) is 32.3 Å². The SMILES string of the molecule is CC(C)Cc1cc(-c2[c-]cc(C(F)(F)F)cc2)ncc1[Si](C)(C)C.CC(C)Cc1cc(-c2[c-]cccc2)ncc1[Si](C)(C)C.CC(C)c1cc(-c2[c-]cccc2)ncc1[Si](C)(C)C.CCC(C)c1cc(-c2[c-]cc(C(F)(F)F)cc2)ncc1[Si](C)(C)C.FC(F)(F)c1c[c-]c(-c2ccccn2)cc1.FC(F)(F)c1c[c-]c(-c2ccccn2)cc1.[Ir].[Ir].[Ir].[Ir].[c-]1ccccc1-c1ccccn1.[c-]1ccccc1-c1ccccn1. The van der Waals surface area contributed by atoms with Crippen LogP contribution in [-0.2, 0) is 118 Å². The maximum atomic E-state index is 12.7. The summed E-state index contributed by atoms with van der Waals surface area (Å²) in [5.74, 6) is 2.10. The molecule has 28 heteroatoms. The molecule has 0 aliphatic rings. The first-order valence-electron chi connectivity index (χ1n) is 47.3. The molecule has 147 heavy (non-hydrogen) atoms. The zero-order valence-corrected chi connectivity index (χ0v) is 99.5. The zero-order valence-electron chi connectivity index (χ0n) is 85.9. The van der Waals surface area contributed by atoms with Crippen LogP contribution in [0.3, 0.4) is 0 Å². The Balaban J connectivity index is 0.000000297. The maximum Gasteiger partial charge on any atom is 0.381 e. The molecule has 8 aromatic carbocycles. The number of aromatic nitrogens is 8. The fourth-order valence-electron chi connectivity index (χ4n) is 14.8. The Morgan fingerprint density at radius 2 is 0.476 bits per heavy atom. The molecule has 1 unspecified atom stereocenters. The van der Waals surface area contributed by atoms with Gasteiger partial charge in [-0.15, -0.1) is 263 Å². The van der Waals surface area contributed by atoms with Crippen molar-refractivity contribution >= 4 is 53.0 Å². The Kier molecular flexibility index (Phi) is 50.7. The van der Waals surface area contributed by atoms with Crippen molar-refractivity contribution in [2.24, 2.45) is 11.8 Å². The molecular formula is C119H122F12Ir4N8Si4-8. The summed E-state index contributed by atoms with van der Waals surface area (Å²) >= 11 is 0. The first-order valence-corrected chi connectivity index (χ1v) is 61.3. The maximum absolute atomic E-state index is 12.7. The van der Waals surface area contributed by atoms with Crippen molar-refractivity contribution < 1.29 is 133 Å². The smallest absolute Gasteiger partial charge is 0.305 e. The first-order chi connectivity index (χ1) is 67.4. The van der Waals surface area contributed by atoms with Crippen LogP contribution in [0.25, 0.3) is 90.1 Å². The number of alkyl halides is 12. The number of pyridine rings is 8. The molecule has 0 aliphatic heterocycles. The van der Waals surface area contributed by atoms with Gasteiger partial charge in [-0.1, -0.05) is 229 Å². The molecule has 16 aromatic rings. The van der Waals surface area contributed by atoms with E-state index < -0.39 is 79.3 Å². The van der Waals surface area contributed by atoms with Gasteiger partial charge in [-0.25, -0.2) is 0 Å². The van der Waals surface area contributed by atoms with Gasteiger partial charge in [0.2, 0.25) is 0 Å². The average molecular weight is 2770 g/mol. The van der Waals surface area contributed by atoms with Crippen LogP contribution < -0.4 is 20.7 Å². The monoisotopic (exact) mass is 2770 g/mol. The van der Waals surface area contributed by atoms with Gasteiger partial charge in [0.15, 0.2) is 0 Å². The van der Waals surface area contributed by atoms with Gasteiger partial charge in [0, 0.05) is 130 Å². The second-order valence-electron chi connectivity index (χ2n) is 39.3. The number of hydrogen-bond donors (Lipinski definition) is 0. The summed E-state index contributed by atoms with van der Waals surface area (Å²) in [6, 6.07) is 99.6. The normalized spacial score (nSPS) is 11.6. The van der Waals surface area contributed by atoms with Crippen molar-refractivity contribution in [3.05, 3.63) is 410 Å². The standard InChI is InChI=1S/2C19H23F3NSi.C18H24NSi.C17H22NSi.2C12H7F3N.2C11H8N.4Ir/c1-13(2)10-15-11-17(23-12-18(15)24(3,4)5)14-6-8-16(9-7-14)19(20,21)22;1-6-13(2)16-11-17(23-12-18(16)24(3,4)5)14-7-9-15(10-8-14)19(20,21)22;1-14(2)11-16-12-17(15-9-7-6-8-10-15)19-13-18(16)20(3,4)5;1-13(2)15-11-16(14-9-7-6-8-10-14)18-12-17(15)19(3,4)5;2*13-12(14,15)10-6-4-9(5-7-10)11-3-1-2-8-16-11;2*1-2-6-10(7-3-1)11-8-4-5-9-12-11;;;;/h6,8-9,11-13H,10H2,1-5H3;7,9-13H,6H2,1-5H3;6-9,12-14H,11H2,1-5H3;6-9,11-13H,1-5H3;2*1-4,6-8H;2*1-6,8-9H;;;;/q8*-1;;;;. The minimum Gasteiger partial charge on any atom is -0.305 e.